The molecule has 20 heavy (non-hydrogen) atoms. The predicted molar refractivity (Wildman–Crippen MR) is 76.5 cm³/mol. The topological polar surface area (TPSA) is 79.5 Å². The zero-order chi connectivity index (χ0) is 14.7. The van der Waals surface area contributed by atoms with E-state index in [1.54, 1.807) is 12.1 Å². The molecule has 0 spiro atoms. The molecule has 0 amide bonds. The maximum atomic E-state index is 6.02. The van der Waals surface area contributed by atoms with E-state index in [-0.39, 0.29) is 11.7 Å². The van der Waals surface area contributed by atoms with Crippen LogP contribution in [0.25, 0.3) is 11.3 Å². The Morgan fingerprint density at radius 2 is 1.65 bits per heavy atom. The lowest BCUT2D eigenvalue weighted by molar-refractivity contribution is 0.388. The number of nitrogen functional groups attached to an aromatic ring is 1. The first-order valence-electron chi connectivity index (χ1n) is 5.69. The lowest BCUT2D eigenvalue weighted by atomic mass is 10.1. The summed E-state index contributed by atoms with van der Waals surface area (Å²) in [7, 11) is 4.56. The summed E-state index contributed by atoms with van der Waals surface area (Å²) in [6, 6.07) is 3.33. The molecule has 106 valence electrons. The number of rotatable bonds is 4. The van der Waals surface area contributed by atoms with Crippen LogP contribution in [0.1, 0.15) is 0 Å². The molecule has 2 rings (SSSR count). The molecule has 0 aliphatic carbocycles. The number of methoxy groups -OCH3 is 3. The number of halogens is 1. The summed E-state index contributed by atoms with van der Waals surface area (Å²) in [6.07, 6.45) is 1.44. The van der Waals surface area contributed by atoms with E-state index < -0.39 is 0 Å². The van der Waals surface area contributed by atoms with Crippen molar-refractivity contribution < 1.29 is 14.2 Å². The largest absolute Gasteiger partial charge is 0.496 e. The molecule has 0 unspecified atom stereocenters. The fourth-order valence-corrected chi connectivity index (χ4v) is 2.01. The number of anilines is 1. The quantitative estimate of drug-likeness (QED) is 0.933. The van der Waals surface area contributed by atoms with Crippen molar-refractivity contribution >= 4 is 17.4 Å². The van der Waals surface area contributed by atoms with E-state index in [1.807, 2.05) is 0 Å². The van der Waals surface area contributed by atoms with Crippen LogP contribution >= 0.6 is 11.6 Å². The number of hydrogen-bond acceptors (Lipinski definition) is 6. The molecule has 7 heteroatoms. The molecular weight excluding hydrogens is 282 g/mol. The molecule has 6 nitrogen and oxygen atoms in total. The first kappa shape index (κ1) is 14.2. The second-order valence-corrected chi connectivity index (χ2v) is 4.27. The SMILES string of the molecule is COc1cc(Cl)cc(OC)c1-c1ncc(N)nc1OC. The van der Waals surface area contributed by atoms with Crippen molar-refractivity contribution in [2.24, 2.45) is 0 Å². The highest BCUT2D eigenvalue weighted by Crippen LogP contribution is 2.42. The van der Waals surface area contributed by atoms with Gasteiger partial charge >= 0.3 is 0 Å². The maximum absolute atomic E-state index is 6.02. The summed E-state index contributed by atoms with van der Waals surface area (Å²) in [4.78, 5) is 8.34. The molecule has 0 saturated heterocycles. The van der Waals surface area contributed by atoms with E-state index in [1.165, 1.54) is 27.5 Å². The van der Waals surface area contributed by atoms with Gasteiger partial charge in [0.2, 0.25) is 5.88 Å². The van der Waals surface area contributed by atoms with Crippen LogP contribution in [0.15, 0.2) is 18.3 Å². The van der Waals surface area contributed by atoms with Crippen LogP contribution in [0.5, 0.6) is 17.4 Å². The summed E-state index contributed by atoms with van der Waals surface area (Å²) in [5, 5.41) is 0.491. The van der Waals surface area contributed by atoms with Crippen LogP contribution in [0.4, 0.5) is 5.82 Å². The van der Waals surface area contributed by atoms with E-state index in [4.69, 9.17) is 31.5 Å². The van der Waals surface area contributed by atoms with E-state index in [0.29, 0.717) is 27.8 Å². The summed E-state index contributed by atoms with van der Waals surface area (Å²) in [5.74, 6) is 1.56. The van der Waals surface area contributed by atoms with Crippen LogP contribution in [0.2, 0.25) is 5.02 Å². The molecule has 1 aromatic carbocycles. The van der Waals surface area contributed by atoms with E-state index in [0.717, 1.165) is 0 Å². The second-order valence-electron chi connectivity index (χ2n) is 3.84. The van der Waals surface area contributed by atoms with Gasteiger partial charge in [0.1, 0.15) is 23.0 Å². The first-order valence-corrected chi connectivity index (χ1v) is 6.07. The lowest BCUT2D eigenvalue weighted by Gasteiger charge is -2.15. The average molecular weight is 296 g/mol. The van der Waals surface area contributed by atoms with Gasteiger partial charge in [-0.2, -0.15) is 4.98 Å². The highest BCUT2D eigenvalue weighted by atomic mass is 35.5. The Balaban J connectivity index is 2.74. The van der Waals surface area contributed by atoms with Crippen LogP contribution in [-0.2, 0) is 0 Å². The number of aromatic nitrogens is 2. The van der Waals surface area contributed by atoms with E-state index >= 15 is 0 Å². The van der Waals surface area contributed by atoms with Gasteiger partial charge in [0.15, 0.2) is 0 Å². The molecule has 0 saturated carbocycles. The number of hydrogen-bond donors (Lipinski definition) is 1. The third-order valence-electron chi connectivity index (χ3n) is 2.66. The Morgan fingerprint density at radius 1 is 1.05 bits per heavy atom. The minimum absolute atomic E-state index is 0.262. The van der Waals surface area contributed by atoms with Crippen LogP contribution in [-0.4, -0.2) is 31.3 Å². The first-order chi connectivity index (χ1) is 9.60. The Morgan fingerprint density at radius 3 is 2.15 bits per heavy atom. The molecule has 0 aliphatic heterocycles. The zero-order valence-corrected chi connectivity index (χ0v) is 12.1. The van der Waals surface area contributed by atoms with Crippen molar-refractivity contribution in [2.45, 2.75) is 0 Å². The molecule has 0 radical (unpaired) electrons. The average Bonchev–Trinajstić information content (AvgIpc) is 2.46. The highest BCUT2D eigenvalue weighted by molar-refractivity contribution is 6.31. The Kier molecular flexibility index (Phi) is 4.14. The Hall–Kier alpha value is -2.21. The van der Waals surface area contributed by atoms with Gasteiger partial charge in [0.05, 0.1) is 33.1 Å². The van der Waals surface area contributed by atoms with E-state index in [9.17, 15) is 0 Å². The van der Waals surface area contributed by atoms with Gasteiger partial charge in [-0.05, 0) is 12.1 Å². The number of nitrogens with zero attached hydrogens (tertiary/aromatic N) is 2. The van der Waals surface area contributed by atoms with Crippen LogP contribution in [0.3, 0.4) is 0 Å². The summed E-state index contributed by atoms with van der Waals surface area (Å²) in [6.45, 7) is 0. The number of benzene rings is 1. The molecule has 0 aliphatic rings. The molecular formula is C13H14ClN3O3. The summed E-state index contributed by atoms with van der Waals surface area (Å²) < 4.78 is 15.9. The van der Waals surface area contributed by atoms with Gasteiger partial charge in [0, 0.05) is 5.02 Å². The van der Waals surface area contributed by atoms with Crippen molar-refractivity contribution in [2.75, 3.05) is 27.1 Å². The van der Waals surface area contributed by atoms with Gasteiger partial charge in [-0.1, -0.05) is 11.6 Å². The smallest absolute Gasteiger partial charge is 0.242 e. The second kappa shape index (κ2) is 5.83. The Labute approximate surface area is 121 Å². The summed E-state index contributed by atoms with van der Waals surface area (Å²) in [5.41, 5.74) is 6.67. The third kappa shape index (κ3) is 2.55. The lowest BCUT2D eigenvalue weighted by Crippen LogP contribution is -2.01. The molecule has 0 atom stereocenters. The van der Waals surface area contributed by atoms with Gasteiger partial charge in [-0.25, -0.2) is 4.98 Å². The highest BCUT2D eigenvalue weighted by Gasteiger charge is 2.20. The minimum Gasteiger partial charge on any atom is -0.496 e. The van der Waals surface area contributed by atoms with Crippen molar-refractivity contribution in [3.63, 3.8) is 0 Å². The number of nitrogens with two attached hydrogens (primary N) is 1. The zero-order valence-electron chi connectivity index (χ0n) is 11.3. The number of ether oxygens (including phenoxy) is 3. The molecule has 1 aromatic heterocycles. The monoisotopic (exact) mass is 295 g/mol. The Bertz CT molecular complexity index is 609. The molecule has 2 N–H and O–H groups in total. The van der Waals surface area contributed by atoms with Gasteiger partial charge in [-0.3, -0.25) is 0 Å². The van der Waals surface area contributed by atoms with Gasteiger partial charge < -0.3 is 19.9 Å². The van der Waals surface area contributed by atoms with E-state index in [2.05, 4.69) is 9.97 Å². The van der Waals surface area contributed by atoms with Crippen LogP contribution in [0, 0.1) is 0 Å². The predicted octanol–water partition coefficient (Wildman–Crippen LogP) is 2.41. The van der Waals surface area contributed by atoms with Gasteiger partial charge in [0.25, 0.3) is 0 Å². The summed E-state index contributed by atoms with van der Waals surface area (Å²) >= 11 is 6.02. The molecule has 0 bridgehead atoms. The third-order valence-corrected chi connectivity index (χ3v) is 2.88. The van der Waals surface area contributed by atoms with Crippen molar-refractivity contribution in [3.8, 4) is 28.6 Å². The van der Waals surface area contributed by atoms with Crippen molar-refractivity contribution in [3.05, 3.63) is 23.4 Å². The molecule has 0 fully saturated rings. The van der Waals surface area contributed by atoms with Crippen LogP contribution < -0.4 is 19.9 Å². The minimum atomic E-state index is 0.262. The van der Waals surface area contributed by atoms with Crippen molar-refractivity contribution in [1.29, 1.82) is 0 Å². The van der Waals surface area contributed by atoms with Gasteiger partial charge in [-0.15, -0.1) is 0 Å². The standard InChI is InChI=1S/C13H14ClN3O3/c1-18-8-4-7(14)5-9(19-2)11(8)12-13(20-3)17-10(15)6-16-12/h4-6H,1-3H3,(H2,15,17). The van der Waals surface area contributed by atoms with Crippen molar-refractivity contribution in [1.82, 2.24) is 9.97 Å². The fraction of sp³-hybridized carbons (Fsp3) is 0.231. The molecule has 1 heterocycles. The fourth-order valence-electron chi connectivity index (χ4n) is 1.81. The normalized spacial score (nSPS) is 10.2. The molecule has 2 aromatic rings. The maximum Gasteiger partial charge on any atom is 0.242 e.